The Kier molecular flexibility index (Phi) is 10.6. The highest BCUT2D eigenvalue weighted by Gasteiger charge is 2.29. The summed E-state index contributed by atoms with van der Waals surface area (Å²) in [5.74, 6) is 2.80. The number of pyridine rings is 1. The fraction of sp³-hybridized carbons (Fsp3) is 0.667. The SMILES string of the molecule is CCCCOc1ncccc1CNC(=NC)NCC1(C)CCCS1.I. The first-order valence-electron chi connectivity index (χ1n) is 8.82. The zero-order chi connectivity index (χ0) is 17.3. The van der Waals surface area contributed by atoms with Gasteiger partial charge in [0, 0.05) is 36.6 Å². The molecule has 0 aromatic carbocycles. The van der Waals surface area contributed by atoms with Crippen LogP contribution in [-0.4, -0.2) is 41.6 Å². The van der Waals surface area contributed by atoms with Gasteiger partial charge >= 0.3 is 0 Å². The van der Waals surface area contributed by atoms with Crippen molar-refractivity contribution in [1.29, 1.82) is 0 Å². The molecule has 1 aliphatic rings. The Hall–Kier alpha value is -0.700. The standard InChI is InChI=1S/C18H30N4OS.HI/c1-4-5-11-23-16-15(8-6-10-20-16)13-21-17(19-3)22-14-18(2)9-7-12-24-18;/h6,8,10H,4-5,7,9,11-14H2,1-3H3,(H2,19,21,22);1H. The first-order valence-corrected chi connectivity index (χ1v) is 9.80. The molecule has 0 radical (unpaired) electrons. The van der Waals surface area contributed by atoms with Crippen LogP contribution < -0.4 is 15.4 Å². The molecule has 1 fully saturated rings. The van der Waals surface area contributed by atoms with Crippen LogP contribution in [0.25, 0.3) is 0 Å². The summed E-state index contributed by atoms with van der Waals surface area (Å²) in [5, 5.41) is 6.82. The van der Waals surface area contributed by atoms with E-state index in [2.05, 4.69) is 34.5 Å². The largest absolute Gasteiger partial charge is 0.477 e. The number of nitrogens with one attached hydrogen (secondary N) is 2. The Morgan fingerprint density at radius 2 is 2.28 bits per heavy atom. The van der Waals surface area contributed by atoms with Gasteiger partial charge in [-0.2, -0.15) is 11.8 Å². The van der Waals surface area contributed by atoms with E-state index in [4.69, 9.17) is 4.74 Å². The lowest BCUT2D eigenvalue weighted by atomic mass is 10.1. The number of unbranched alkanes of at least 4 members (excludes halogenated alkanes) is 1. The van der Waals surface area contributed by atoms with E-state index in [1.807, 2.05) is 23.9 Å². The Morgan fingerprint density at radius 3 is 2.96 bits per heavy atom. The maximum absolute atomic E-state index is 5.79. The molecule has 2 heterocycles. The van der Waals surface area contributed by atoms with Crippen LogP contribution in [0.1, 0.15) is 45.1 Å². The third-order valence-electron chi connectivity index (χ3n) is 4.19. The molecule has 25 heavy (non-hydrogen) atoms. The molecule has 142 valence electrons. The van der Waals surface area contributed by atoms with E-state index in [1.165, 1.54) is 18.6 Å². The lowest BCUT2D eigenvalue weighted by molar-refractivity contribution is 0.294. The van der Waals surface area contributed by atoms with Crippen LogP contribution in [0.5, 0.6) is 5.88 Å². The second-order valence-electron chi connectivity index (χ2n) is 6.35. The van der Waals surface area contributed by atoms with Gasteiger partial charge in [0.2, 0.25) is 5.88 Å². The predicted molar refractivity (Wildman–Crippen MR) is 118 cm³/mol. The van der Waals surface area contributed by atoms with Gasteiger partial charge in [0.05, 0.1) is 6.61 Å². The second-order valence-corrected chi connectivity index (χ2v) is 8.03. The minimum Gasteiger partial charge on any atom is -0.477 e. The number of guanidine groups is 1. The Bertz CT molecular complexity index is 536. The normalized spacial score (nSPS) is 20.0. The van der Waals surface area contributed by atoms with Crippen molar-refractivity contribution in [2.45, 2.75) is 50.8 Å². The minimum atomic E-state index is 0. The average Bonchev–Trinajstić information content (AvgIpc) is 3.03. The smallest absolute Gasteiger partial charge is 0.218 e. The number of aromatic nitrogens is 1. The van der Waals surface area contributed by atoms with Gasteiger partial charge in [-0.25, -0.2) is 4.98 Å². The number of rotatable bonds is 8. The molecule has 0 bridgehead atoms. The molecule has 2 N–H and O–H groups in total. The van der Waals surface area contributed by atoms with Crippen molar-refractivity contribution < 1.29 is 4.74 Å². The molecule has 0 aliphatic carbocycles. The van der Waals surface area contributed by atoms with Crippen LogP contribution in [-0.2, 0) is 6.54 Å². The Morgan fingerprint density at radius 1 is 1.44 bits per heavy atom. The maximum atomic E-state index is 5.79. The molecule has 1 aromatic heterocycles. The number of aliphatic imine (C=N–C) groups is 1. The summed E-state index contributed by atoms with van der Waals surface area (Å²) in [6.45, 7) is 6.78. The van der Waals surface area contributed by atoms with E-state index >= 15 is 0 Å². The fourth-order valence-corrected chi connectivity index (χ4v) is 3.89. The van der Waals surface area contributed by atoms with Gasteiger partial charge < -0.3 is 15.4 Å². The highest BCUT2D eigenvalue weighted by atomic mass is 127. The average molecular weight is 478 g/mol. The number of halogens is 1. The Balaban J connectivity index is 0.00000312. The lowest BCUT2D eigenvalue weighted by Gasteiger charge is -2.24. The summed E-state index contributed by atoms with van der Waals surface area (Å²) in [6, 6.07) is 3.98. The number of hydrogen-bond donors (Lipinski definition) is 2. The fourth-order valence-electron chi connectivity index (χ4n) is 2.65. The van der Waals surface area contributed by atoms with Crippen molar-refractivity contribution in [1.82, 2.24) is 15.6 Å². The monoisotopic (exact) mass is 478 g/mol. The minimum absolute atomic E-state index is 0. The van der Waals surface area contributed by atoms with Crippen LogP contribution in [0, 0.1) is 0 Å². The first kappa shape index (κ1) is 22.3. The van der Waals surface area contributed by atoms with E-state index in [0.717, 1.165) is 30.9 Å². The zero-order valence-electron chi connectivity index (χ0n) is 15.5. The molecule has 1 atom stereocenters. The molecule has 7 heteroatoms. The van der Waals surface area contributed by atoms with Crippen molar-refractivity contribution in [3.8, 4) is 5.88 Å². The molecule has 2 rings (SSSR count). The van der Waals surface area contributed by atoms with Crippen LogP contribution in [0.3, 0.4) is 0 Å². The number of nitrogens with zero attached hydrogens (tertiary/aromatic N) is 2. The van der Waals surface area contributed by atoms with Gasteiger partial charge in [0.15, 0.2) is 5.96 Å². The molecule has 1 saturated heterocycles. The summed E-state index contributed by atoms with van der Waals surface area (Å²) >= 11 is 2.05. The van der Waals surface area contributed by atoms with E-state index in [1.54, 1.807) is 13.2 Å². The van der Waals surface area contributed by atoms with Crippen LogP contribution in [0.2, 0.25) is 0 Å². The topological polar surface area (TPSA) is 58.5 Å². The molecule has 1 aliphatic heterocycles. The zero-order valence-corrected chi connectivity index (χ0v) is 18.7. The lowest BCUT2D eigenvalue weighted by Crippen LogP contribution is -2.43. The third-order valence-corrected chi connectivity index (χ3v) is 5.72. The van der Waals surface area contributed by atoms with Gasteiger partial charge in [-0.15, -0.1) is 24.0 Å². The van der Waals surface area contributed by atoms with Crippen molar-refractivity contribution in [3.63, 3.8) is 0 Å². The van der Waals surface area contributed by atoms with Crippen LogP contribution >= 0.6 is 35.7 Å². The number of hydrogen-bond acceptors (Lipinski definition) is 4. The van der Waals surface area contributed by atoms with Crippen molar-refractivity contribution in [2.24, 2.45) is 4.99 Å². The van der Waals surface area contributed by atoms with Gasteiger partial charge in [-0.05, 0) is 38.0 Å². The molecule has 0 saturated carbocycles. The molecular formula is C18H31IN4OS. The Labute approximate surface area is 173 Å². The maximum Gasteiger partial charge on any atom is 0.218 e. The van der Waals surface area contributed by atoms with E-state index in [-0.39, 0.29) is 24.0 Å². The molecule has 0 spiro atoms. The van der Waals surface area contributed by atoms with Crippen molar-refractivity contribution in [3.05, 3.63) is 23.9 Å². The first-order chi connectivity index (χ1) is 11.7. The van der Waals surface area contributed by atoms with Gasteiger partial charge in [-0.3, -0.25) is 4.99 Å². The number of ether oxygens (including phenoxy) is 1. The van der Waals surface area contributed by atoms with Gasteiger partial charge in [-0.1, -0.05) is 19.4 Å². The molecule has 1 aromatic rings. The molecular weight excluding hydrogens is 447 g/mol. The van der Waals surface area contributed by atoms with Gasteiger partial charge in [0.1, 0.15) is 0 Å². The van der Waals surface area contributed by atoms with Crippen LogP contribution in [0.15, 0.2) is 23.3 Å². The summed E-state index contributed by atoms with van der Waals surface area (Å²) in [7, 11) is 1.81. The van der Waals surface area contributed by atoms with E-state index in [9.17, 15) is 0 Å². The molecule has 0 amide bonds. The number of thioether (sulfide) groups is 1. The summed E-state index contributed by atoms with van der Waals surface area (Å²) in [4.78, 5) is 8.67. The highest BCUT2D eigenvalue weighted by molar-refractivity contribution is 14.0. The third kappa shape index (κ3) is 7.60. The highest BCUT2D eigenvalue weighted by Crippen LogP contribution is 2.36. The molecule has 5 nitrogen and oxygen atoms in total. The van der Waals surface area contributed by atoms with Crippen molar-refractivity contribution >= 4 is 41.7 Å². The van der Waals surface area contributed by atoms with Gasteiger partial charge in [0.25, 0.3) is 0 Å². The predicted octanol–water partition coefficient (Wildman–Crippen LogP) is 3.83. The summed E-state index contributed by atoms with van der Waals surface area (Å²) in [6.07, 6.45) is 6.51. The molecule has 1 unspecified atom stereocenters. The van der Waals surface area contributed by atoms with E-state index < -0.39 is 0 Å². The summed E-state index contributed by atoms with van der Waals surface area (Å²) < 4.78 is 6.11. The quantitative estimate of drug-likeness (QED) is 0.258. The van der Waals surface area contributed by atoms with Crippen LogP contribution in [0.4, 0.5) is 0 Å². The van der Waals surface area contributed by atoms with E-state index in [0.29, 0.717) is 23.8 Å². The van der Waals surface area contributed by atoms with Crippen molar-refractivity contribution in [2.75, 3.05) is 26.0 Å². The second kappa shape index (κ2) is 11.8. The summed E-state index contributed by atoms with van der Waals surface area (Å²) in [5.41, 5.74) is 1.05.